The molecule has 2 aromatic rings. The number of carbonyl (C=O) groups is 1. The van der Waals surface area contributed by atoms with Crippen molar-refractivity contribution in [1.82, 2.24) is 9.97 Å². The average Bonchev–Trinajstić information content (AvgIpc) is 2.82. The molecule has 0 unspecified atom stereocenters. The van der Waals surface area contributed by atoms with Crippen LogP contribution in [0.2, 0.25) is 0 Å². The van der Waals surface area contributed by atoms with Gasteiger partial charge in [0, 0.05) is 11.1 Å². The maximum Gasteiger partial charge on any atom is 0.341 e. The Kier molecular flexibility index (Phi) is 4.46. The number of nitrogens with one attached hydrogen (secondary N) is 1. The van der Waals surface area contributed by atoms with E-state index in [0.717, 1.165) is 10.6 Å². The molecule has 0 atom stereocenters. The van der Waals surface area contributed by atoms with E-state index in [1.165, 1.54) is 0 Å². The highest BCUT2D eigenvalue weighted by atomic mass is 32.1. The van der Waals surface area contributed by atoms with E-state index in [1.807, 2.05) is 6.92 Å². The van der Waals surface area contributed by atoms with Gasteiger partial charge in [-0.3, -0.25) is 0 Å². The molecule has 0 aliphatic rings. The van der Waals surface area contributed by atoms with Crippen LogP contribution >= 0.6 is 11.3 Å². The Balaban J connectivity index is 2.12. The van der Waals surface area contributed by atoms with Gasteiger partial charge in [0.1, 0.15) is 11.4 Å². The van der Waals surface area contributed by atoms with Crippen LogP contribution in [0.3, 0.4) is 0 Å². The number of carbonyl (C=O) groups excluding carboxylic acids is 1. The molecule has 0 spiro atoms. The molecule has 0 radical (unpaired) electrons. The van der Waals surface area contributed by atoms with Gasteiger partial charge in [-0.15, -0.1) is 11.3 Å². The minimum atomic E-state index is -0.362. The van der Waals surface area contributed by atoms with Crippen molar-refractivity contribution in [3.63, 3.8) is 0 Å². The second-order valence-electron chi connectivity index (χ2n) is 3.83. The zero-order valence-corrected chi connectivity index (χ0v) is 11.7. The van der Waals surface area contributed by atoms with E-state index >= 15 is 0 Å². The molecule has 100 valence electrons. The molecular weight excluding hydrogens is 262 g/mol. The number of ether oxygens (including phenoxy) is 1. The van der Waals surface area contributed by atoms with Gasteiger partial charge in [-0.1, -0.05) is 0 Å². The van der Waals surface area contributed by atoms with Gasteiger partial charge in [0.25, 0.3) is 0 Å². The van der Waals surface area contributed by atoms with Crippen molar-refractivity contribution in [3.8, 4) is 0 Å². The van der Waals surface area contributed by atoms with Crippen molar-refractivity contribution in [2.45, 2.75) is 20.4 Å². The van der Waals surface area contributed by atoms with Crippen LogP contribution < -0.4 is 5.32 Å². The zero-order chi connectivity index (χ0) is 13.7. The minimum Gasteiger partial charge on any atom is -0.462 e. The average molecular weight is 277 g/mol. The first kappa shape index (κ1) is 13.5. The molecule has 0 fully saturated rings. The Morgan fingerprint density at radius 2 is 2.32 bits per heavy atom. The highest BCUT2D eigenvalue weighted by molar-refractivity contribution is 7.09. The number of nitrogens with zero attached hydrogens (tertiary/aromatic N) is 2. The van der Waals surface area contributed by atoms with Gasteiger partial charge >= 0.3 is 5.97 Å². The smallest absolute Gasteiger partial charge is 0.341 e. The van der Waals surface area contributed by atoms with E-state index in [4.69, 9.17) is 4.74 Å². The largest absolute Gasteiger partial charge is 0.462 e. The number of hydrogen-bond donors (Lipinski definition) is 1. The second kappa shape index (κ2) is 6.29. The van der Waals surface area contributed by atoms with E-state index < -0.39 is 0 Å². The highest BCUT2D eigenvalue weighted by Crippen LogP contribution is 2.17. The third kappa shape index (κ3) is 3.29. The molecule has 2 heterocycles. The fourth-order valence-electron chi connectivity index (χ4n) is 1.58. The SMILES string of the molecule is CCOC(=O)c1cccnc1NCc1scnc1C. The van der Waals surface area contributed by atoms with Crippen LogP contribution in [0.4, 0.5) is 5.82 Å². The predicted molar refractivity (Wildman–Crippen MR) is 74.4 cm³/mol. The summed E-state index contributed by atoms with van der Waals surface area (Å²) in [6, 6.07) is 3.42. The number of pyridine rings is 1. The van der Waals surface area contributed by atoms with E-state index in [-0.39, 0.29) is 5.97 Å². The van der Waals surface area contributed by atoms with Crippen LogP contribution in [0.1, 0.15) is 27.9 Å². The first-order valence-electron chi connectivity index (χ1n) is 5.97. The molecule has 19 heavy (non-hydrogen) atoms. The van der Waals surface area contributed by atoms with Crippen molar-refractivity contribution in [2.24, 2.45) is 0 Å². The molecule has 0 saturated carbocycles. The minimum absolute atomic E-state index is 0.348. The van der Waals surface area contributed by atoms with E-state index in [0.29, 0.717) is 24.5 Å². The van der Waals surface area contributed by atoms with Gasteiger partial charge < -0.3 is 10.1 Å². The number of rotatable bonds is 5. The van der Waals surface area contributed by atoms with E-state index in [2.05, 4.69) is 15.3 Å². The fourth-order valence-corrected chi connectivity index (χ4v) is 2.30. The molecule has 1 N–H and O–H groups in total. The molecule has 0 aliphatic heterocycles. The van der Waals surface area contributed by atoms with Gasteiger partial charge in [-0.05, 0) is 26.0 Å². The molecule has 5 nitrogen and oxygen atoms in total. The molecular formula is C13H15N3O2S. The Hall–Kier alpha value is -1.95. The summed E-state index contributed by atoms with van der Waals surface area (Å²) in [4.78, 5) is 21.3. The maximum atomic E-state index is 11.8. The van der Waals surface area contributed by atoms with Crippen LogP contribution in [0.5, 0.6) is 0 Å². The summed E-state index contributed by atoms with van der Waals surface area (Å²) < 4.78 is 5.00. The lowest BCUT2D eigenvalue weighted by molar-refractivity contribution is 0.0527. The van der Waals surface area contributed by atoms with Crippen LogP contribution in [-0.2, 0) is 11.3 Å². The Labute approximate surface area is 115 Å². The molecule has 6 heteroatoms. The van der Waals surface area contributed by atoms with Gasteiger partial charge in [0.05, 0.1) is 24.4 Å². The topological polar surface area (TPSA) is 64.1 Å². The maximum absolute atomic E-state index is 11.8. The van der Waals surface area contributed by atoms with Crippen molar-refractivity contribution in [1.29, 1.82) is 0 Å². The van der Waals surface area contributed by atoms with Gasteiger partial charge in [0.2, 0.25) is 0 Å². The number of aryl methyl sites for hydroxylation is 1. The summed E-state index contributed by atoms with van der Waals surface area (Å²) in [5.74, 6) is 0.174. The standard InChI is InChI=1S/C13H15N3O2S/c1-3-18-13(17)10-5-4-6-14-12(10)15-7-11-9(2)16-8-19-11/h4-6,8H,3,7H2,1-2H3,(H,14,15). The number of esters is 1. The Morgan fingerprint density at radius 3 is 3.00 bits per heavy atom. The number of thiazole rings is 1. The zero-order valence-electron chi connectivity index (χ0n) is 10.8. The van der Waals surface area contributed by atoms with Crippen LogP contribution in [-0.4, -0.2) is 22.5 Å². The van der Waals surface area contributed by atoms with Crippen molar-refractivity contribution in [3.05, 3.63) is 40.0 Å². The lowest BCUT2D eigenvalue weighted by Gasteiger charge is -2.09. The van der Waals surface area contributed by atoms with Crippen LogP contribution in [0, 0.1) is 6.92 Å². The van der Waals surface area contributed by atoms with Crippen LogP contribution in [0.15, 0.2) is 23.8 Å². The summed E-state index contributed by atoms with van der Waals surface area (Å²) in [6.45, 7) is 4.68. The van der Waals surface area contributed by atoms with Crippen molar-refractivity contribution >= 4 is 23.1 Å². The summed E-state index contributed by atoms with van der Waals surface area (Å²) in [6.07, 6.45) is 1.64. The summed E-state index contributed by atoms with van der Waals surface area (Å²) >= 11 is 1.58. The van der Waals surface area contributed by atoms with Crippen molar-refractivity contribution < 1.29 is 9.53 Å². The van der Waals surface area contributed by atoms with E-state index in [1.54, 1.807) is 42.1 Å². The summed E-state index contributed by atoms with van der Waals surface area (Å²) in [5.41, 5.74) is 3.24. The lowest BCUT2D eigenvalue weighted by Crippen LogP contribution is -2.11. The highest BCUT2D eigenvalue weighted by Gasteiger charge is 2.13. The molecule has 0 aromatic carbocycles. The van der Waals surface area contributed by atoms with Crippen molar-refractivity contribution in [2.75, 3.05) is 11.9 Å². The molecule has 0 aliphatic carbocycles. The summed E-state index contributed by atoms with van der Waals surface area (Å²) in [7, 11) is 0. The quantitative estimate of drug-likeness (QED) is 0.851. The number of aromatic nitrogens is 2. The second-order valence-corrected chi connectivity index (χ2v) is 4.77. The Bertz CT molecular complexity index is 569. The summed E-state index contributed by atoms with van der Waals surface area (Å²) in [5, 5.41) is 3.15. The van der Waals surface area contributed by atoms with Gasteiger partial charge in [-0.25, -0.2) is 14.8 Å². The molecule has 0 bridgehead atoms. The van der Waals surface area contributed by atoms with Gasteiger partial charge in [-0.2, -0.15) is 0 Å². The first-order valence-corrected chi connectivity index (χ1v) is 6.85. The lowest BCUT2D eigenvalue weighted by atomic mass is 10.2. The number of anilines is 1. The monoisotopic (exact) mass is 277 g/mol. The molecule has 0 amide bonds. The molecule has 2 rings (SSSR count). The Morgan fingerprint density at radius 1 is 1.47 bits per heavy atom. The van der Waals surface area contributed by atoms with E-state index in [9.17, 15) is 4.79 Å². The third-order valence-electron chi connectivity index (χ3n) is 2.56. The predicted octanol–water partition coefficient (Wildman–Crippen LogP) is 2.64. The normalized spacial score (nSPS) is 10.2. The number of hydrogen-bond acceptors (Lipinski definition) is 6. The van der Waals surface area contributed by atoms with Crippen LogP contribution in [0.25, 0.3) is 0 Å². The third-order valence-corrected chi connectivity index (χ3v) is 3.50. The molecule has 0 saturated heterocycles. The van der Waals surface area contributed by atoms with Gasteiger partial charge in [0.15, 0.2) is 0 Å². The first-order chi connectivity index (χ1) is 9.22. The molecule has 2 aromatic heterocycles. The fraction of sp³-hybridized carbons (Fsp3) is 0.308.